The molecule has 2 amide bonds. The van der Waals surface area contributed by atoms with Crippen molar-refractivity contribution in [1.82, 2.24) is 10.6 Å². The van der Waals surface area contributed by atoms with E-state index in [-0.39, 0.29) is 11.4 Å². The standard InChI is InChI=1S/C15H28N2O3/c1-4-12(13(18)19)17-14(20)16-10-15(9-11(2)3)7-5-6-8-15/h11-12H,4-10H2,1-3H3,(H,18,19)(H2,16,17,20)/t12-/m0/s1. The Bertz CT molecular complexity index is 336. The lowest BCUT2D eigenvalue weighted by Crippen LogP contribution is -2.48. The Hall–Kier alpha value is -1.26. The third-order valence-electron chi connectivity index (χ3n) is 4.14. The Morgan fingerprint density at radius 2 is 1.85 bits per heavy atom. The molecular weight excluding hydrogens is 256 g/mol. The molecule has 1 atom stereocenters. The Morgan fingerprint density at radius 1 is 1.25 bits per heavy atom. The van der Waals surface area contributed by atoms with E-state index >= 15 is 0 Å². The highest BCUT2D eigenvalue weighted by Gasteiger charge is 2.34. The van der Waals surface area contributed by atoms with Crippen LogP contribution in [-0.4, -0.2) is 29.7 Å². The van der Waals surface area contributed by atoms with Gasteiger partial charge in [-0.25, -0.2) is 9.59 Å². The molecule has 0 radical (unpaired) electrons. The Kier molecular flexibility index (Phi) is 6.30. The smallest absolute Gasteiger partial charge is 0.326 e. The fourth-order valence-electron chi connectivity index (χ4n) is 3.26. The van der Waals surface area contributed by atoms with Crippen LogP contribution < -0.4 is 10.6 Å². The molecule has 0 saturated heterocycles. The van der Waals surface area contributed by atoms with Gasteiger partial charge in [-0.05, 0) is 37.0 Å². The van der Waals surface area contributed by atoms with Crippen molar-refractivity contribution >= 4 is 12.0 Å². The van der Waals surface area contributed by atoms with Crippen molar-refractivity contribution in [2.24, 2.45) is 11.3 Å². The van der Waals surface area contributed by atoms with Crippen molar-refractivity contribution in [2.75, 3.05) is 6.54 Å². The van der Waals surface area contributed by atoms with Crippen molar-refractivity contribution < 1.29 is 14.7 Å². The first-order valence-electron chi connectivity index (χ1n) is 7.66. The van der Waals surface area contributed by atoms with Crippen LogP contribution in [0.1, 0.15) is 59.3 Å². The number of carbonyl (C=O) groups is 2. The van der Waals surface area contributed by atoms with Crippen molar-refractivity contribution in [3.8, 4) is 0 Å². The Labute approximate surface area is 121 Å². The molecule has 1 rings (SSSR count). The van der Waals surface area contributed by atoms with Gasteiger partial charge >= 0.3 is 12.0 Å². The summed E-state index contributed by atoms with van der Waals surface area (Å²) in [6.07, 6.45) is 6.26. The third kappa shape index (κ3) is 5.02. The molecule has 1 saturated carbocycles. The number of aliphatic carboxylic acids is 1. The van der Waals surface area contributed by atoms with E-state index < -0.39 is 12.0 Å². The molecule has 3 N–H and O–H groups in total. The summed E-state index contributed by atoms with van der Waals surface area (Å²) in [4.78, 5) is 22.7. The van der Waals surface area contributed by atoms with E-state index in [1.54, 1.807) is 6.92 Å². The molecule has 0 aromatic rings. The van der Waals surface area contributed by atoms with Gasteiger partial charge in [-0.2, -0.15) is 0 Å². The van der Waals surface area contributed by atoms with Crippen LogP contribution in [0.5, 0.6) is 0 Å². The minimum absolute atomic E-state index is 0.205. The Morgan fingerprint density at radius 3 is 2.30 bits per heavy atom. The van der Waals surface area contributed by atoms with Crippen molar-refractivity contribution in [1.29, 1.82) is 0 Å². The predicted molar refractivity (Wildman–Crippen MR) is 78.6 cm³/mol. The number of hydrogen-bond acceptors (Lipinski definition) is 2. The average Bonchev–Trinajstić information content (AvgIpc) is 2.81. The monoisotopic (exact) mass is 284 g/mol. The number of nitrogens with one attached hydrogen (secondary N) is 2. The number of amides is 2. The predicted octanol–water partition coefficient (Wildman–Crippen LogP) is 2.76. The summed E-state index contributed by atoms with van der Waals surface area (Å²) >= 11 is 0. The SMILES string of the molecule is CC[C@H](NC(=O)NCC1(CC(C)C)CCCC1)C(=O)O. The van der Waals surface area contributed by atoms with Crippen LogP contribution >= 0.6 is 0 Å². The number of hydrogen-bond donors (Lipinski definition) is 3. The third-order valence-corrected chi connectivity index (χ3v) is 4.14. The van der Waals surface area contributed by atoms with Crippen LogP contribution in [0.4, 0.5) is 4.79 Å². The zero-order valence-corrected chi connectivity index (χ0v) is 12.9. The lowest BCUT2D eigenvalue weighted by Gasteiger charge is -2.31. The zero-order valence-electron chi connectivity index (χ0n) is 12.9. The Balaban J connectivity index is 2.47. The average molecular weight is 284 g/mol. The van der Waals surface area contributed by atoms with Gasteiger partial charge in [-0.15, -0.1) is 0 Å². The van der Waals surface area contributed by atoms with Gasteiger partial charge < -0.3 is 15.7 Å². The lowest BCUT2D eigenvalue weighted by atomic mass is 9.78. The van der Waals surface area contributed by atoms with Crippen LogP contribution in [0.2, 0.25) is 0 Å². The van der Waals surface area contributed by atoms with Crippen LogP contribution in [-0.2, 0) is 4.79 Å². The lowest BCUT2D eigenvalue weighted by molar-refractivity contribution is -0.139. The number of carboxylic acids is 1. The molecule has 0 spiro atoms. The molecule has 0 aromatic heterocycles. The molecule has 1 fully saturated rings. The van der Waals surface area contributed by atoms with Crippen LogP contribution in [0.3, 0.4) is 0 Å². The summed E-state index contributed by atoms with van der Waals surface area (Å²) < 4.78 is 0. The van der Waals surface area contributed by atoms with Gasteiger partial charge in [-0.3, -0.25) is 0 Å². The minimum atomic E-state index is -0.986. The van der Waals surface area contributed by atoms with E-state index in [0.717, 1.165) is 19.3 Å². The van der Waals surface area contributed by atoms with E-state index in [2.05, 4.69) is 24.5 Å². The van der Waals surface area contributed by atoms with Gasteiger partial charge in [0.1, 0.15) is 6.04 Å². The second-order valence-electron chi connectivity index (χ2n) is 6.43. The molecule has 1 aliphatic carbocycles. The molecule has 5 nitrogen and oxygen atoms in total. The maximum absolute atomic E-state index is 11.8. The fraction of sp³-hybridized carbons (Fsp3) is 0.867. The van der Waals surface area contributed by atoms with Gasteiger partial charge in [0.15, 0.2) is 0 Å². The van der Waals surface area contributed by atoms with Crippen molar-refractivity contribution in [3.05, 3.63) is 0 Å². The number of urea groups is 1. The van der Waals surface area contributed by atoms with E-state index in [0.29, 0.717) is 18.9 Å². The van der Waals surface area contributed by atoms with Gasteiger partial charge in [0.25, 0.3) is 0 Å². The molecule has 5 heteroatoms. The van der Waals surface area contributed by atoms with Gasteiger partial charge in [0, 0.05) is 6.54 Å². The molecule has 116 valence electrons. The van der Waals surface area contributed by atoms with Crippen LogP contribution in [0.25, 0.3) is 0 Å². The quantitative estimate of drug-likeness (QED) is 0.672. The van der Waals surface area contributed by atoms with Gasteiger partial charge in [-0.1, -0.05) is 33.6 Å². The molecule has 1 aliphatic rings. The second kappa shape index (κ2) is 7.50. The summed E-state index contributed by atoms with van der Waals surface area (Å²) in [6.45, 7) is 6.80. The van der Waals surface area contributed by atoms with E-state index in [4.69, 9.17) is 5.11 Å². The van der Waals surface area contributed by atoms with Gasteiger partial charge in [0.05, 0.1) is 0 Å². The zero-order chi connectivity index (χ0) is 15.2. The van der Waals surface area contributed by atoms with Crippen molar-refractivity contribution in [2.45, 2.75) is 65.3 Å². The maximum Gasteiger partial charge on any atom is 0.326 e. The molecular formula is C15H28N2O3. The fourth-order valence-corrected chi connectivity index (χ4v) is 3.26. The van der Waals surface area contributed by atoms with E-state index in [1.165, 1.54) is 12.8 Å². The van der Waals surface area contributed by atoms with Crippen LogP contribution in [0.15, 0.2) is 0 Å². The first-order chi connectivity index (χ1) is 9.38. The second-order valence-corrected chi connectivity index (χ2v) is 6.43. The summed E-state index contributed by atoms with van der Waals surface area (Å²) in [5.41, 5.74) is 0.205. The molecule has 0 aliphatic heterocycles. The highest BCUT2D eigenvalue weighted by Crippen LogP contribution is 2.42. The molecule has 0 unspecified atom stereocenters. The normalized spacial score (nSPS) is 18.8. The van der Waals surface area contributed by atoms with E-state index in [9.17, 15) is 9.59 Å². The summed E-state index contributed by atoms with van der Waals surface area (Å²) in [6, 6.07) is -1.17. The van der Waals surface area contributed by atoms with Crippen molar-refractivity contribution in [3.63, 3.8) is 0 Å². The molecule has 0 bridgehead atoms. The van der Waals surface area contributed by atoms with Crippen LogP contribution in [0, 0.1) is 11.3 Å². The first kappa shape index (κ1) is 16.8. The minimum Gasteiger partial charge on any atom is -0.480 e. The summed E-state index contributed by atoms with van der Waals surface area (Å²) in [5, 5.41) is 14.3. The summed E-state index contributed by atoms with van der Waals surface area (Å²) in [5.74, 6) is -0.374. The highest BCUT2D eigenvalue weighted by atomic mass is 16.4. The highest BCUT2D eigenvalue weighted by molar-refractivity contribution is 5.82. The van der Waals surface area contributed by atoms with Gasteiger partial charge in [0.2, 0.25) is 0 Å². The molecule has 0 aromatic carbocycles. The number of carboxylic acid groups (broad SMARTS) is 1. The number of rotatable bonds is 7. The largest absolute Gasteiger partial charge is 0.480 e. The number of carbonyl (C=O) groups excluding carboxylic acids is 1. The topological polar surface area (TPSA) is 78.4 Å². The molecule has 0 heterocycles. The van der Waals surface area contributed by atoms with E-state index in [1.807, 2.05) is 0 Å². The molecule has 20 heavy (non-hydrogen) atoms. The summed E-state index contributed by atoms with van der Waals surface area (Å²) in [7, 11) is 0. The first-order valence-corrected chi connectivity index (χ1v) is 7.66. The maximum atomic E-state index is 11.8.